The molecular weight excluding hydrogens is 422 g/mol. The highest BCUT2D eigenvalue weighted by Crippen LogP contribution is 2.39. The van der Waals surface area contributed by atoms with E-state index < -0.39 is 5.91 Å². The fourth-order valence-electron chi connectivity index (χ4n) is 4.20. The number of carbonyl (C=O) groups excluding carboxylic acids is 2. The number of thiophene rings is 1. The first-order valence-corrected chi connectivity index (χ1v) is 11.5. The smallest absolute Gasteiger partial charge is 0.282 e. The molecule has 1 N–H and O–H groups in total. The molecule has 32 heavy (non-hydrogen) atoms. The molecule has 2 aliphatic heterocycles. The lowest BCUT2D eigenvalue weighted by atomic mass is 10.1. The number of hydrogen-bond donors (Lipinski definition) is 1. The first-order valence-electron chi connectivity index (χ1n) is 10.6. The van der Waals surface area contributed by atoms with Gasteiger partial charge in [-0.1, -0.05) is 18.2 Å². The van der Waals surface area contributed by atoms with Crippen molar-refractivity contribution in [3.05, 3.63) is 76.6 Å². The molecule has 0 aliphatic carbocycles. The molecule has 0 radical (unpaired) electrons. The van der Waals surface area contributed by atoms with Gasteiger partial charge in [0.15, 0.2) is 0 Å². The fourth-order valence-corrected chi connectivity index (χ4v) is 4.97. The molecule has 2 amide bonds. The van der Waals surface area contributed by atoms with Gasteiger partial charge in [-0.15, -0.1) is 11.3 Å². The molecule has 0 spiro atoms. The average molecular weight is 446 g/mol. The fraction of sp³-hybridized carbons (Fsp3) is 0.200. The van der Waals surface area contributed by atoms with Crippen LogP contribution in [0.1, 0.15) is 17.7 Å². The topological polar surface area (TPSA) is 61.9 Å². The van der Waals surface area contributed by atoms with E-state index in [0.717, 1.165) is 23.7 Å². The van der Waals surface area contributed by atoms with Crippen molar-refractivity contribution in [1.29, 1.82) is 0 Å². The molecule has 162 valence electrons. The highest BCUT2D eigenvalue weighted by molar-refractivity contribution is 7.11. The predicted octanol–water partition coefficient (Wildman–Crippen LogP) is 4.75. The van der Waals surface area contributed by atoms with Crippen LogP contribution in [0.3, 0.4) is 0 Å². The zero-order valence-corrected chi connectivity index (χ0v) is 18.5. The maximum absolute atomic E-state index is 13.5. The van der Waals surface area contributed by atoms with E-state index in [1.54, 1.807) is 18.2 Å². The van der Waals surface area contributed by atoms with Crippen molar-refractivity contribution in [3.63, 3.8) is 0 Å². The van der Waals surface area contributed by atoms with Crippen molar-refractivity contribution in [3.8, 4) is 5.75 Å². The number of amides is 2. The number of nitrogens with one attached hydrogen (secondary N) is 1. The van der Waals surface area contributed by atoms with Crippen LogP contribution in [0, 0.1) is 0 Å². The number of anilines is 3. The van der Waals surface area contributed by atoms with E-state index >= 15 is 0 Å². The quantitative estimate of drug-likeness (QED) is 0.555. The first kappa shape index (κ1) is 20.3. The lowest BCUT2D eigenvalue weighted by Crippen LogP contribution is -2.32. The third kappa shape index (κ3) is 3.54. The van der Waals surface area contributed by atoms with Gasteiger partial charge >= 0.3 is 0 Å². The van der Waals surface area contributed by atoms with Gasteiger partial charge in [0.2, 0.25) is 0 Å². The number of carbonyl (C=O) groups is 2. The van der Waals surface area contributed by atoms with Gasteiger partial charge < -0.3 is 15.0 Å². The van der Waals surface area contributed by atoms with Crippen molar-refractivity contribution in [2.24, 2.45) is 0 Å². The number of methoxy groups -OCH3 is 1. The third-order valence-corrected chi connectivity index (χ3v) is 6.67. The lowest BCUT2D eigenvalue weighted by molar-refractivity contribution is -0.120. The summed E-state index contributed by atoms with van der Waals surface area (Å²) in [5.74, 6) is -0.291. The largest absolute Gasteiger partial charge is 0.495 e. The minimum absolute atomic E-state index is 0.275. The maximum Gasteiger partial charge on any atom is 0.282 e. The SMILES string of the molecule is COc1ccccc1N1C(=O)C(Nc2ccc(N3CCCC3)cc2)=C(c2cccs2)C1=O. The Hall–Kier alpha value is -3.58. The molecule has 1 aromatic heterocycles. The summed E-state index contributed by atoms with van der Waals surface area (Å²) in [6.45, 7) is 2.14. The van der Waals surface area contributed by atoms with Gasteiger partial charge in [0.25, 0.3) is 11.8 Å². The number of nitrogens with zero attached hydrogens (tertiary/aromatic N) is 2. The summed E-state index contributed by atoms with van der Waals surface area (Å²) in [7, 11) is 1.53. The third-order valence-electron chi connectivity index (χ3n) is 5.79. The molecule has 3 heterocycles. The second-order valence-electron chi connectivity index (χ2n) is 7.71. The summed E-state index contributed by atoms with van der Waals surface area (Å²) >= 11 is 1.43. The van der Waals surface area contributed by atoms with E-state index in [-0.39, 0.29) is 11.6 Å². The Kier molecular flexibility index (Phi) is 5.41. The zero-order chi connectivity index (χ0) is 22.1. The molecule has 7 heteroatoms. The van der Waals surface area contributed by atoms with Gasteiger partial charge in [-0.2, -0.15) is 0 Å². The molecule has 2 aromatic carbocycles. The number of ether oxygens (including phenoxy) is 1. The molecule has 0 bridgehead atoms. The highest BCUT2D eigenvalue weighted by Gasteiger charge is 2.41. The average Bonchev–Trinajstić information content (AvgIpc) is 3.57. The van der Waals surface area contributed by atoms with E-state index in [4.69, 9.17) is 4.74 Å². The summed E-state index contributed by atoms with van der Waals surface area (Å²) in [5, 5.41) is 5.13. The van der Waals surface area contributed by atoms with Crippen molar-refractivity contribution in [2.75, 3.05) is 35.3 Å². The van der Waals surface area contributed by atoms with Crippen LogP contribution in [0.25, 0.3) is 5.57 Å². The molecule has 1 saturated heterocycles. The van der Waals surface area contributed by atoms with E-state index in [0.29, 0.717) is 17.0 Å². The Morgan fingerprint density at radius 1 is 0.906 bits per heavy atom. The van der Waals surface area contributed by atoms with E-state index in [1.807, 2.05) is 35.7 Å². The minimum atomic E-state index is -0.397. The van der Waals surface area contributed by atoms with Gasteiger partial charge in [-0.05, 0) is 60.7 Å². The van der Waals surface area contributed by atoms with Crippen LogP contribution in [0.2, 0.25) is 0 Å². The van der Waals surface area contributed by atoms with Crippen LogP contribution in [0.15, 0.2) is 71.7 Å². The zero-order valence-electron chi connectivity index (χ0n) is 17.7. The summed E-state index contributed by atoms with van der Waals surface area (Å²) in [4.78, 5) is 31.3. The molecule has 0 atom stereocenters. The summed E-state index contributed by atoms with van der Waals surface area (Å²) in [5.41, 5.74) is 3.02. The van der Waals surface area contributed by atoms with Crippen LogP contribution in [-0.2, 0) is 9.59 Å². The molecule has 1 fully saturated rings. The molecule has 6 nitrogen and oxygen atoms in total. The standard InChI is InChI=1S/C25H23N3O3S/c1-31-20-8-3-2-7-19(20)28-24(29)22(21-9-6-16-32-21)23(25(28)30)26-17-10-12-18(13-11-17)27-14-4-5-15-27/h2-3,6-13,16,26H,4-5,14-15H2,1H3. The monoisotopic (exact) mass is 445 g/mol. The predicted molar refractivity (Wildman–Crippen MR) is 128 cm³/mol. The van der Waals surface area contributed by atoms with E-state index in [2.05, 4.69) is 22.3 Å². The normalized spacial score (nSPS) is 16.3. The Morgan fingerprint density at radius 3 is 2.34 bits per heavy atom. The highest BCUT2D eigenvalue weighted by atomic mass is 32.1. The Labute approximate surface area is 190 Å². The number of rotatable bonds is 6. The molecular formula is C25H23N3O3S. The van der Waals surface area contributed by atoms with Crippen LogP contribution in [-0.4, -0.2) is 32.0 Å². The minimum Gasteiger partial charge on any atom is -0.495 e. The van der Waals surface area contributed by atoms with Crippen LogP contribution < -0.4 is 19.9 Å². The van der Waals surface area contributed by atoms with Gasteiger partial charge in [-0.3, -0.25) is 9.59 Å². The summed E-state index contributed by atoms with van der Waals surface area (Å²) in [6.07, 6.45) is 2.43. The number of para-hydroxylation sites is 2. The van der Waals surface area contributed by atoms with Crippen LogP contribution in [0.5, 0.6) is 5.75 Å². The molecule has 2 aliphatic rings. The lowest BCUT2D eigenvalue weighted by Gasteiger charge is -2.19. The molecule has 0 saturated carbocycles. The van der Waals surface area contributed by atoms with Gasteiger partial charge in [0, 0.05) is 29.3 Å². The summed E-state index contributed by atoms with van der Waals surface area (Å²) < 4.78 is 5.41. The van der Waals surface area contributed by atoms with Gasteiger partial charge in [0.05, 0.1) is 18.4 Å². The second-order valence-corrected chi connectivity index (χ2v) is 8.66. The Morgan fingerprint density at radius 2 is 1.66 bits per heavy atom. The van der Waals surface area contributed by atoms with Crippen molar-refractivity contribution < 1.29 is 14.3 Å². The van der Waals surface area contributed by atoms with E-state index in [1.165, 1.54) is 41.9 Å². The number of imide groups is 1. The Bertz CT molecular complexity index is 1180. The number of benzene rings is 2. The maximum atomic E-state index is 13.5. The van der Waals surface area contributed by atoms with Crippen molar-refractivity contribution in [1.82, 2.24) is 0 Å². The van der Waals surface area contributed by atoms with Crippen LogP contribution in [0.4, 0.5) is 17.1 Å². The second kappa shape index (κ2) is 8.51. The first-order chi connectivity index (χ1) is 15.7. The van der Waals surface area contributed by atoms with Gasteiger partial charge in [0.1, 0.15) is 11.4 Å². The van der Waals surface area contributed by atoms with Crippen molar-refractivity contribution >= 4 is 45.8 Å². The van der Waals surface area contributed by atoms with Gasteiger partial charge in [-0.25, -0.2) is 4.90 Å². The molecule has 5 rings (SSSR count). The molecule has 3 aromatic rings. The Balaban J connectivity index is 1.50. The van der Waals surface area contributed by atoms with Crippen LogP contribution >= 0.6 is 11.3 Å². The summed E-state index contributed by atoms with van der Waals surface area (Å²) in [6, 6.07) is 18.8. The van der Waals surface area contributed by atoms with E-state index in [9.17, 15) is 9.59 Å². The molecule has 0 unspecified atom stereocenters. The van der Waals surface area contributed by atoms with Crippen molar-refractivity contribution in [2.45, 2.75) is 12.8 Å². The number of hydrogen-bond acceptors (Lipinski definition) is 6.